The summed E-state index contributed by atoms with van der Waals surface area (Å²) < 4.78 is 14.9. The number of nitrogens with zero attached hydrogens (tertiary/aromatic N) is 3. The number of halogens is 1. The second-order valence-corrected chi connectivity index (χ2v) is 5.60. The van der Waals surface area contributed by atoms with E-state index in [4.69, 9.17) is 0 Å². The SMILES string of the molecule is Fc1ccc(-c2nc3sc4c(n3n2)CCNC4)cc1. The van der Waals surface area contributed by atoms with Gasteiger partial charge >= 0.3 is 0 Å². The van der Waals surface area contributed by atoms with Crippen molar-refractivity contribution < 1.29 is 4.39 Å². The van der Waals surface area contributed by atoms with Crippen LogP contribution in [0.4, 0.5) is 4.39 Å². The maximum Gasteiger partial charge on any atom is 0.213 e. The number of thiazole rings is 1. The summed E-state index contributed by atoms with van der Waals surface area (Å²) in [6.07, 6.45) is 0.974. The second kappa shape index (κ2) is 4.11. The zero-order chi connectivity index (χ0) is 12.8. The topological polar surface area (TPSA) is 42.2 Å². The van der Waals surface area contributed by atoms with Crippen molar-refractivity contribution in [1.82, 2.24) is 19.9 Å². The molecule has 4 nitrogen and oxygen atoms in total. The van der Waals surface area contributed by atoms with Crippen LogP contribution in [0.5, 0.6) is 0 Å². The minimum atomic E-state index is -0.242. The molecule has 1 aliphatic heterocycles. The molecule has 0 spiro atoms. The Morgan fingerprint density at radius 1 is 1.26 bits per heavy atom. The lowest BCUT2D eigenvalue weighted by Gasteiger charge is -2.11. The van der Waals surface area contributed by atoms with Gasteiger partial charge in [-0.15, -0.1) is 5.10 Å². The Morgan fingerprint density at radius 2 is 2.11 bits per heavy atom. The van der Waals surface area contributed by atoms with Crippen LogP contribution in [-0.2, 0) is 13.0 Å². The third-order valence-corrected chi connectivity index (χ3v) is 4.37. The molecule has 4 rings (SSSR count). The minimum absolute atomic E-state index is 0.242. The van der Waals surface area contributed by atoms with E-state index in [1.54, 1.807) is 23.5 Å². The summed E-state index contributed by atoms with van der Waals surface area (Å²) in [7, 11) is 0. The van der Waals surface area contributed by atoms with E-state index >= 15 is 0 Å². The highest BCUT2D eigenvalue weighted by atomic mass is 32.1. The van der Waals surface area contributed by atoms with Crippen LogP contribution in [0.25, 0.3) is 16.3 Å². The number of fused-ring (bicyclic) bond motifs is 3. The van der Waals surface area contributed by atoms with Crippen molar-refractivity contribution in [2.75, 3.05) is 6.54 Å². The molecule has 2 aromatic heterocycles. The third-order valence-electron chi connectivity index (χ3n) is 3.30. The molecule has 1 aromatic carbocycles. The molecular formula is C13H11FN4S. The predicted octanol–water partition coefficient (Wildman–Crippen LogP) is 2.24. The van der Waals surface area contributed by atoms with Crippen molar-refractivity contribution in [1.29, 1.82) is 0 Å². The summed E-state index contributed by atoms with van der Waals surface area (Å²) >= 11 is 1.67. The molecule has 1 N–H and O–H groups in total. The summed E-state index contributed by atoms with van der Waals surface area (Å²) in [5, 5.41) is 7.90. The summed E-state index contributed by atoms with van der Waals surface area (Å²) in [5.74, 6) is 0.417. The second-order valence-electron chi connectivity index (χ2n) is 4.54. The van der Waals surface area contributed by atoms with Crippen LogP contribution in [0.2, 0.25) is 0 Å². The quantitative estimate of drug-likeness (QED) is 0.740. The predicted molar refractivity (Wildman–Crippen MR) is 71.7 cm³/mol. The molecule has 3 heterocycles. The zero-order valence-corrected chi connectivity index (χ0v) is 10.9. The lowest BCUT2D eigenvalue weighted by molar-refractivity contribution is 0.627. The van der Waals surface area contributed by atoms with Crippen LogP contribution in [-0.4, -0.2) is 21.1 Å². The minimum Gasteiger partial charge on any atom is -0.311 e. The first kappa shape index (κ1) is 11.1. The normalized spacial score (nSPS) is 14.8. The standard InChI is InChI=1S/C13H11FN4S/c14-9-3-1-8(2-4-9)12-16-13-18(17-12)10-5-6-15-7-11(10)19-13/h1-4,15H,5-7H2. The molecule has 96 valence electrons. The molecule has 3 aromatic rings. The molecule has 0 amide bonds. The Balaban J connectivity index is 1.84. The molecule has 0 saturated carbocycles. The summed E-state index contributed by atoms with van der Waals surface area (Å²) in [5.41, 5.74) is 2.10. The molecule has 0 bridgehead atoms. The van der Waals surface area contributed by atoms with Crippen LogP contribution < -0.4 is 5.32 Å². The Hall–Kier alpha value is -1.79. The number of nitrogens with one attached hydrogen (secondary N) is 1. The average Bonchev–Trinajstić information content (AvgIpc) is 2.97. The molecule has 0 unspecified atom stereocenters. The van der Waals surface area contributed by atoms with Gasteiger partial charge in [-0.2, -0.15) is 4.98 Å². The molecule has 0 aliphatic carbocycles. The van der Waals surface area contributed by atoms with Crippen molar-refractivity contribution in [2.45, 2.75) is 13.0 Å². The molecule has 0 fully saturated rings. The van der Waals surface area contributed by atoms with Gasteiger partial charge in [0.15, 0.2) is 5.82 Å². The van der Waals surface area contributed by atoms with Gasteiger partial charge in [0.1, 0.15) is 5.82 Å². The van der Waals surface area contributed by atoms with Gasteiger partial charge in [0.2, 0.25) is 4.96 Å². The van der Waals surface area contributed by atoms with Crippen LogP contribution in [0.1, 0.15) is 10.6 Å². The Bertz CT molecular complexity index is 744. The fourth-order valence-corrected chi connectivity index (χ4v) is 3.41. The van der Waals surface area contributed by atoms with Crippen molar-refractivity contribution in [3.63, 3.8) is 0 Å². The number of rotatable bonds is 1. The molecular weight excluding hydrogens is 263 g/mol. The van der Waals surface area contributed by atoms with E-state index in [1.165, 1.54) is 22.7 Å². The third kappa shape index (κ3) is 1.75. The van der Waals surface area contributed by atoms with Gasteiger partial charge in [0.05, 0.1) is 5.69 Å². The fourth-order valence-electron chi connectivity index (χ4n) is 2.34. The van der Waals surface area contributed by atoms with Crippen LogP contribution >= 0.6 is 11.3 Å². The summed E-state index contributed by atoms with van der Waals surface area (Å²) in [6, 6.07) is 6.29. The average molecular weight is 274 g/mol. The highest BCUT2D eigenvalue weighted by Gasteiger charge is 2.19. The van der Waals surface area contributed by atoms with Crippen LogP contribution in [0.3, 0.4) is 0 Å². The van der Waals surface area contributed by atoms with Crippen LogP contribution in [0.15, 0.2) is 24.3 Å². The largest absolute Gasteiger partial charge is 0.311 e. The van der Waals surface area contributed by atoms with Gasteiger partial charge in [-0.3, -0.25) is 0 Å². The van der Waals surface area contributed by atoms with E-state index in [-0.39, 0.29) is 5.82 Å². The van der Waals surface area contributed by atoms with Crippen LogP contribution in [0, 0.1) is 5.82 Å². The van der Waals surface area contributed by atoms with E-state index < -0.39 is 0 Å². The number of hydrogen-bond acceptors (Lipinski definition) is 4. The van der Waals surface area contributed by atoms with Gasteiger partial charge < -0.3 is 5.32 Å². The van der Waals surface area contributed by atoms with Gasteiger partial charge in [-0.1, -0.05) is 11.3 Å². The number of hydrogen-bond donors (Lipinski definition) is 1. The Kier molecular flexibility index (Phi) is 2.39. The van der Waals surface area contributed by atoms with Crippen molar-refractivity contribution in [3.05, 3.63) is 40.7 Å². The maximum absolute atomic E-state index is 12.9. The number of aromatic nitrogens is 3. The van der Waals surface area contributed by atoms with Gasteiger partial charge in [-0.05, 0) is 24.3 Å². The first-order valence-corrected chi connectivity index (χ1v) is 6.97. The molecule has 0 saturated heterocycles. The van der Waals surface area contributed by atoms with Gasteiger partial charge in [0, 0.05) is 30.0 Å². The lowest BCUT2D eigenvalue weighted by Crippen LogP contribution is -2.23. The molecule has 1 aliphatic rings. The molecule has 6 heteroatoms. The van der Waals surface area contributed by atoms with Gasteiger partial charge in [0.25, 0.3) is 0 Å². The maximum atomic E-state index is 12.9. The monoisotopic (exact) mass is 274 g/mol. The van der Waals surface area contributed by atoms with Gasteiger partial charge in [-0.25, -0.2) is 8.91 Å². The van der Waals surface area contributed by atoms with Crippen molar-refractivity contribution in [2.24, 2.45) is 0 Å². The van der Waals surface area contributed by atoms with Crippen molar-refractivity contribution in [3.8, 4) is 11.4 Å². The Labute approximate surface area is 112 Å². The highest BCUT2D eigenvalue weighted by Crippen LogP contribution is 2.27. The smallest absolute Gasteiger partial charge is 0.213 e. The fraction of sp³-hybridized carbons (Fsp3) is 0.231. The number of benzene rings is 1. The Morgan fingerprint density at radius 3 is 2.95 bits per heavy atom. The van der Waals surface area contributed by atoms with E-state index in [0.29, 0.717) is 5.82 Å². The highest BCUT2D eigenvalue weighted by molar-refractivity contribution is 7.17. The van der Waals surface area contributed by atoms with E-state index in [9.17, 15) is 4.39 Å². The van der Waals surface area contributed by atoms with E-state index in [1.807, 2.05) is 4.52 Å². The molecule has 19 heavy (non-hydrogen) atoms. The zero-order valence-electron chi connectivity index (χ0n) is 10.1. The van der Waals surface area contributed by atoms with E-state index in [0.717, 1.165) is 30.0 Å². The summed E-state index contributed by atoms with van der Waals surface area (Å²) in [6.45, 7) is 1.88. The first-order valence-electron chi connectivity index (χ1n) is 6.15. The lowest BCUT2D eigenvalue weighted by atomic mass is 10.2. The molecule has 0 atom stereocenters. The molecule has 0 radical (unpaired) electrons. The van der Waals surface area contributed by atoms with Crippen molar-refractivity contribution >= 4 is 16.3 Å². The summed E-state index contributed by atoms with van der Waals surface area (Å²) in [4.78, 5) is 6.76. The van der Waals surface area contributed by atoms with E-state index in [2.05, 4.69) is 15.4 Å². The first-order chi connectivity index (χ1) is 9.31.